The number of carbonyl (C=O) groups is 1. The Bertz CT molecular complexity index is 776. The number of anilines is 1. The second-order valence-corrected chi connectivity index (χ2v) is 5.53. The summed E-state index contributed by atoms with van der Waals surface area (Å²) in [6, 6.07) is 15.0. The quantitative estimate of drug-likeness (QED) is 0.849. The van der Waals surface area contributed by atoms with Gasteiger partial charge in [0.1, 0.15) is 0 Å². The van der Waals surface area contributed by atoms with E-state index in [2.05, 4.69) is 9.36 Å². The van der Waals surface area contributed by atoms with Crippen molar-refractivity contribution in [1.82, 2.24) is 0 Å². The fraction of sp³-hybridized carbons (Fsp3) is 0.125. The van der Waals surface area contributed by atoms with Crippen LogP contribution in [-0.4, -0.2) is 24.8 Å². The van der Waals surface area contributed by atoms with E-state index in [0.717, 1.165) is 16.8 Å². The van der Waals surface area contributed by atoms with Crippen LogP contribution in [0.3, 0.4) is 0 Å². The summed E-state index contributed by atoms with van der Waals surface area (Å²) in [4.78, 5) is 18.4. The van der Waals surface area contributed by atoms with Crippen LogP contribution in [0.25, 0.3) is 0 Å². The minimum absolute atomic E-state index is 0.260. The molecule has 1 unspecified atom stereocenters. The smallest absolute Gasteiger partial charge is 0.275 e. The summed E-state index contributed by atoms with van der Waals surface area (Å²) in [5.41, 5.74) is 3.07. The molecule has 0 bridgehead atoms. The summed E-state index contributed by atoms with van der Waals surface area (Å²) >= 11 is 10.9. The monoisotopic (exact) mass is 329 g/mol. The summed E-state index contributed by atoms with van der Waals surface area (Å²) in [5, 5.41) is 0.581. The van der Waals surface area contributed by atoms with Crippen molar-refractivity contribution < 1.29 is 4.79 Å². The Labute approximate surface area is 138 Å². The maximum atomic E-state index is 12.4. The van der Waals surface area contributed by atoms with Gasteiger partial charge in [-0.2, -0.15) is 4.36 Å². The minimum Gasteiger partial charge on any atom is -0.311 e. The molecule has 3 rings (SSSR count). The number of benzene rings is 2. The van der Waals surface area contributed by atoms with E-state index in [1.165, 1.54) is 4.90 Å². The number of likely N-dealkylation sites (N-methyl/N-ethyl adjacent to an activating group) is 1. The lowest BCUT2D eigenvalue weighted by Gasteiger charge is -2.18. The van der Waals surface area contributed by atoms with Crippen molar-refractivity contribution in [3.05, 3.63) is 64.7 Å². The predicted molar refractivity (Wildman–Crippen MR) is 90.5 cm³/mol. The highest BCUT2D eigenvalue weighted by atomic mass is 35.5. The number of rotatable bonds is 2. The Morgan fingerprint density at radius 1 is 1.23 bits per heavy atom. The van der Waals surface area contributed by atoms with Crippen LogP contribution in [0.15, 0.2) is 57.9 Å². The van der Waals surface area contributed by atoms with Gasteiger partial charge in [-0.25, -0.2) is 4.99 Å². The first-order valence-electron chi connectivity index (χ1n) is 6.65. The summed E-state index contributed by atoms with van der Waals surface area (Å²) in [6.45, 7) is 0. The molecule has 22 heavy (non-hydrogen) atoms. The lowest BCUT2D eigenvalue weighted by molar-refractivity contribution is -0.119. The van der Waals surface area contributed by atoms with Crippen molar-refractivity contribution in [2.75, 3.05) is 11.9 Å². The van der Waals surface area contributed by atoms with E-state index in [9.17, 15) is 4.79 Å². The topological polar surface area (TPSA) is 45.0 Å². The van der Waals surface area contributed by atoms with Gasteiger partial charge in [0, 0.05) is 35.6 Å². The summed E-state index contributed by atoms with van der Waals surface area (Å²) < 4.78 is 3.69. The van der Waals surface area contributed by atoms with Gasteiger partial charge in [-0.05, 0) is 18.2 Å². The van der Waals surface area contributed by atoms with Gasteiger partial charge in [-0.1, -0.05) is 41.9 Å². The van der Waals surface area contributed by atoms with E-state index in [-0.39, 0.29) is 5.91 Å². The van der Waals surface area contributed by atoms with E-state index in [4.69, 9.17) is 24.0 Å². The molecule has 110 valence electrons. The van der Waals surface area contributed by atoms with Gasteiger partial charge in [-0.3, -0.25) is 4.79 Å². The Hall–Kier alpha value is -2.11. The molecular weight excluding hydrogens is 318 g/mol. The molecule has 0 aromatic heterocycles. The molecule has 1 aliphatic heterocycles. The Balaban J connectivity index is 2.29. The third kappa shape index (κ3) is 2.53. The number of halogens is 1. The molecule has 0 saturated heterocycles. The zero-order valence-electron chi connectivity index (χ0n) is 11.7. The van der Waals surface area contributed by atoms with E-state index < -0.39 is 6.17 Å². The highest BCUT2D eigenvalue weighted by Crippen LogP contribution is 2.30. The Morgan fingerprint density at radius 3 is 2.64 bits per heavy atom. The minimum atomic E-state index is -0.929. The third-order valence-electron chi connectivity index (χ3n) is 3.52. The van der Waals surface area contributed by atoms with Gasteiger partial charge >= 0.3 is 0 Å². The van der Waals surface area contributed by atoms with Gasteiger partial charge in [0.05, 0.1) is 11.4 Å². The number of fused-ring (bicyclic) bond motifs is 1. The second kappa shape index (κ2) is 5.94. The van der Waals surface area contributed by atoms with Crippen LogP contribution in [0.2, 0.25) is 5.02 Å². The summed E-state index contributed by atoms with van der Waals surface area (Å²) in [5.74, 6) is -0.260. The van der Waals surface area contributed by atoms with Crippen molar-refractivity contribution in [1.29, 1.82) is 0 Å². The van der Waals surface area contributed by atoms with Crippen molar-refractivity contribution in [2.24, 2.45) is 9.36 Å². The van der Waals surface area contributed by atoms with E-state index in [1.54, 1.807) is 25.2 Å². The van der Waals surface area contributed by atoms with Crippen LogP contribution in [0, 0.1) is 0 Å². The fourth-order valence-electron chi connectivity index (χ4n) is 2.42. The zero-order valence-corrected chi connectivity index (χ0v) is 13.3. The molecule has 6 heteroatoms. The van der Waals surface area contributed by atoms with Crippen molar-refractivity contribution in [3.63, 3.8) is 0 Å². The molecule has 1 aliphatic rings. The molecule has 0 fully saturated rings. The molecule has 0 N–H and O–H groups in total. The number of nitrogens with zero attached hydrogens (tertiary/aromatic N) is 3. The maximum absolute atomic E-state index is 12.4. The first-order valence-corrected chi connectivity index (χ1v) is 7.39. The highest BCUT2D eigenvalue weighted by molar-refractivity contribution is 7.47. The molecule has 4 nitrogen and oxygen atoms in total. The molecule has 1 atom stereocenters. The third-order valence-corrected chi connectivity index (χ3v) is 3.96. The number of hydrogen-bond acceptors (Lipinski definition) is 4. The van der Waals surface area contributed by atoms with Crippen molar-refractivity contribution in [2.45, 2.75) is 6.17 Å². The average molecular weight is 330 g/mol. The predicted octanol–water partition coefficient (Wildman–Crippen LogP) is 3.21. The molecule has 1 heterocycles. The Morgan fingerprint density at radius 2 is 1.95 bits per heavy atom. The van der Waals surface area contributed by atoms with Gasteiger partial charge in [0.15, 0.2) is 0 Å². The normalized spacial score (nSPS) is 17.5. The van der Waals surface area contributed by atoms with Crippen LogP contribution < -0.4 is 4.90 Å². The molecule has 2 aromatic carbocycles. The number of amides is 1. The standard InChI is InChI=1S/C16H12ClN3OS/c1-20-13-8-7-11(17)9-12(13)14(10-5-3-2-4-6-10)18-15(19-22)16(20)21/h2-9,15H,1H3. The molecule has 2 aromatic rings. The van der Waals surface area contributed by atoms with Crippen molar-refractivity contribution in [3.8, 4) is 0 Å². The average Bonchev–Trinajstić information content (AvgIpc) is 2.64. The van der Waals surface area contributed by atoms with Gasteiger partial charge in [-0.15, -0.1) is 0 Å². The Kier molecular flexibility index (Phi) is 4.00. The maximum Gasteiger partial charge on any atom is 0.275 e. The number of benzodiazepines with no additional fused rings is 1. The van der Waals surface area contributed by atoms with Crippen LogP contribution in [0.4, 0.5) is 5.69 Å². The van der Waals surface area contributed by atoms with E-state index >= 15 is 0 Å². The lowest BCUT2D eigenvalue weighted by Crippen LogP contribution is -2.33. The molecular formula is C16H12ClN3OS. The zero-order chi connectivity index (χ0) is 15.7. The van der Waals surface area contributed by atoms with Crippen LogP contribution in [0.5, 0.6) is 0 Å². The molecule has 0 aliphatic carbocycles. The SMILES string of the molecule is CN1C(=O)C(N=S)N=C(c2ccccc2)c2cc(Cl)ccc21. The summed E-state index contributed by atoms with van der Waals surface area (Å²) in [7, 11) is 1.69. The first kappa shape index (κ1) is 14.8. The van der Waals surface area contributed by atoms with Gasteiger partial charge in [0.25, 0.3) is 5.91 Å². The fourth-order valence-corrected chi connectivity index (χ4v) is 2.73. The number of carbonyl (C=O) groups excluding carboxylic acids is 1. The lowest BCUT2D eigenvalue weighted by atomic mass is 10.0. The molecule has 0 saturated carbocycles. The van der Waals surface area contributed by atoms with Crippen LogP contribution >= 0.6 is 11.6 Å². The number of hydrogen-bond donors (Lipinski definition) is 0. The van der Waals surface area contributed by atoms with E-state index in [1.807, 2.05) is 30.3 Å². The summed E-state index contributed by atoms with van der Waals surface area (Å²) in [6.07, 6.45) is -0.929. The molecule has 0 spiro atoms. The van der Waals surface area contributed by atoms with Gasteiger partial charge < -0.3 is 4.90 Å². The van der Waals surface area contributed by atoms with Crippen molar-refractivity contribution >= 4 is 41.3 Å². The van der Waals surface area contributed by atoms with E-state index in [0.29, 0.717) is 10.7 Å². The largest absolute Gasteiger partial charge is 0.311 e. The molecule has 1 amide bonds. The second-order valence-electron chi connectivity index (χ2n) is 4.88. The number of aliphatic imine (C=N–C) groups is 1. The van der Waals surface area contributed by atoms with Gasteiger partial charge in [0.2, 0.25) is 6.17 Å². The highest BCUT2D eigenvalue weighted by Gasteiger charge is 2.29. The van der Waals surface area contributed by atoms with Crippen LogP contribution in [0.1, 0.15) is 11.1 Å². The van der Waals surface area contributed by atoms with Crippen LogP contribution in [-0.2, 0) is 17.2 Å². The molecule has 0 radical (unpaired) electrons. The first-order chi connectivity index (χ1) is 10.6.